The van der Waals surface area contributed by atoms with Gasteiger partial charge in [0.2, 0.25) is 0 Å². The zero-order valence-electron chi connectivity index (χ0n) is 16.1. The summed E-state index contributed by atoms with van der Waals surface area (Å²) in [7, 11) is 1.73. The van der Waals surface area contributed by atoms with Crippen LogP contribution in [0.5, 0.6) is 5.75 Å². The maximum Gasteiger partial charge on any atom is 0.119 e. The summed E-state index contributed by atoms with van der Waals surface area (Å²) in [6.45, 7) is 3.09. The highest BCUT2D eigenvalue weighted by atomic mass is 16.5. The first-order valence-corrected chi connectivity index (χ1v) is 9.93. The third-order valence-electron chi connectivity index (χ3n) is 6.18. The third kappa shape index (κ3) is 3.09. The van der Waals surface area contributed by atoms with E-state index < -0.39 is 0 Å². The number of nitrogens with zero attached hydrogens (tertiary/aromatic N) is 2. The molecule has 0 spiro atoms. The van der Waals surface area contributed by atoms with Crippen LogP contribution in [0.15, 0.2) is 73.1 Å². The fraction of sp³-hybridized carbons (Fsp3) is 0.292. The predicted molar refractivity (Wildman–Crippen MR) is 111 cm³/mol. The van der Waals surface area contributed by atoms with Gasteiger partial charge in [0.05, 0.1) is 7.11 Å². The van der Waals surface area contributed by atoms with Crippen LogP contribution >= 0.6 is 0 Å². The summed E-state index contributed by atoms with van der Waals surface area (Å²) in [5.41, 5.74) is 5.17. The minimum Gasteiger partial charge on any atom is -0.497 e. The van der Waals surface area contributed by atoms with Gasteiger partial charge < -0.3 is 10.1 Å². The summed E-state index contributed by atoms with van der Waals surface area (Å²) < 4.78 is 5.38. The van der Waals surface area contributed by atoms with Crippen molar-refractivity contribution < 1.29 is 4.74 Å². The standard InChI is InChI=1S/C24H25N3O/c1-28-21-6-2-4-17(12-21)16-27-22-14-26-15-23(27)24(22)19-9-7-18(8-10-19)20-5-3-11-25-13-20/h2-13,22-24,26H,14-16H2,1H3/t22-,23+,24?. The summed E-state index contributed by atoms with van der Waals surface area (Å²) in [5.74, 6) is 1.54. The number of pyridine rings is 1. The summed E-state index contributed by atoms with van der Waals surface area (Å²) in [6.07, 6.45) is 3.74. The quantitative estimate of drug-likeness (QED) is 0.742. The van der Waals surface area contributed by atoms with E-state index in [4.69, 9.17) is 4.74 Å². The first-order valence-electron chi connectivity index (χ1n) is 9.93. The Hall–Kier alpha value is -2.69. The lowest BCUT2D eigenvalue weighted by molar-refractivity contribution is -0.0483. The molecule has 0 amide bonds. The number of methoxy groups -OCH3 is 1. The van der Waals surface area contributed by atoms with E-state index >= 15 is 0 Å². The van der Waals surface area contributed by atoms with Gasteiger partial charge >= 0.3 is 0 Å². The van der Waals surface area contributed by atoms with E-state index in [9.17, 15) is 0 Å². The predicted octanol–water partition coefficient (Wildman–Crippen LogP) is 3.70. The zero-order chi connectivity index (χ0) is 18.9. The molecule has 5 rings (SSSR count). The Kier molecular flexibility index (Phi) is 4.59. The summed E-state index contributed by atoms with van der Waals surface area (Å²) in [4.78, 5) is 6.87. The molecule has 2 aliphatic heterocycles. The fourth-order valence-corrected chi connectivity index (χ4v) is 4.77. The van der Waals surface area contributed by atoms with Crippen LogP contribution < -0.4 is 10.1 Å². The summed E-state index contributed by atoms with van der Waals surface area (Å²) >= 11 is 0. The van der Waals surface area contributed by atoms with Crippen LogP contribution in [0.4, 0.5) is 0 Å². The number of ether oxygens (including phenoxy) is 1. The van der Waals surface area contributed by atoms with Crippen molar-refractivity contribution in [3.05, 3.63) is 84.2 Å². The van der Waals surface area contributed by atoms with E-state index in [0.29, 0.717) is 18.0 Å². The van der Waals surface area contributed by atoms with Crippen LogP contribution in [0, 0.1) is 0 Å². The molecule has 28 heavy (non-hydrogen) atoms. The highest BCUT2D eigenvalue weighted by Gasteiger charge is 2.50. The van der Waals surface area contributed by atoms with E-state index in [2.05, 4.69) is 63.7 Å². The van der Waals surface area contributed by atoms with E-state index in [1.807, 2.05) is 24.5 Å². The van der Waals surface area contributed by atoms with Gasteiger partial charge in [-0.05, 0) is 40.5 Å². The maximum absolute atomic E-state index is 5.38. The van der Waals surface area contributed by atoms with Crippen molar-refractivity contribution in [1.29, 1.82) is 0 Å². The molecule has 2 saturated heterocycles. The van der Waals surface area contributed by atoms with Gasteiger partial charge in [0.15, 0.2) is 0 Å². The van der Waals surface area contributed by atoms with Gasteiger partial charge in [0.1, 0.15) is 5.75 Å². The minimum atomic E-state index is 0.550. The van der Waals surface area contributed by atoms with Crippen LogP contribution in [-0.4, -0.2) is 42.2 Å². The number of benzene rings is 2. The fourth-order valence-electron chi connectivity index (χ4n) is 4.77. The van der Waals surface area contributed by atoms with Crippen LogP contribution in [0.2, 0.25) is 0 Å². The summed E-state index contributed by atoms with van der Waals surface area (Å²) in [5, 5.41) is 3.58. The zero-order valence-corrected chi connectivity index (χ0v) is 16.1. The number of aromatic nitrogens is 1. The number of fused-ring (bicyclic) bond motifs is 2. The van der Waals surface area contributed by atoms with Gasteiger partial charge in [-0.15, -0.1) is 0 Å². The van der Waals surface area contributed by atoms with E-state index in [1.165, 1.54) is 22.3 Å². The van der Waals surface area contributed by atoms with E-state index in [1.54, 1.807) is 7.11 Å². The topological polar surface area (TPSA) is 37.4 Å². The lowest BCUT2D eigenvalue weighted by atomic mass is 9.72. The number of hydrogen-bond donors (Lipinski definition) is 1. The Balaban J connectivity index is 1.33. The molecule has 2 bridgehead atoms. The molecule has 1 N–H and O–H groups in total. The van der Waals surface area contributed by atoms with Crippen molar-refractivity contribution in [2.75, 3.05) is 20.2 Å². The first-order chi connectivity index (χ1) is 13.8. The van der Waals surface area contributed by atoms with E-state index in [-0.39, 0.29) is 0 Å². The minimum absolute atomic E-state index is 0.550. The Morgan fingerprint density at radius 1 is 1.00 bits per heavy atom. The van der Waals surface area contributed by atoms with Gasteiger partial charge in [0.25, 0.3) is 0 Å². The van der Waals surface area contributed by atoms with Gasteiger partial charge in [-0.25, -0.2) is 0 Å². The lowest BCUT2D eigenvalue weighted by Crippen LogP contribution is -2.72. The van der Waals surface area contributed by atoms with Gasteiger partial charge in [-0.1, -0.05) is 42.5 Å². The lowest BCUT2D eigenvalue weighted by Gasteiger charge is -2.59. The smallest absolute Gasteiger partial charge is 0.119 e. The van der Waals surface area contributed by atoms with Crippen LogP contribution in [-0.2, 0) is 6.54 Å². The largest absolute Gasteiger partial charge is 0.497 e. The molecule has 0 radical (unpaired) electrons. The molecule has 1 aromatic heterocycles. The molecule has 2 fully saturated rings. The Morgan fingerprint density at radius 2 is 1.82 bits per heavy atom. The van der Waals surface area contributed by atoms with E-state index in [0.717, 1.165) is 25.4 Å². The summed E-state index contributed by atoms with van der Waals surface area (Å²) in [6, 6.07) is 22.7. The molecule has 0 aliphatic carbocycles. The number of nitrogens with one attached hydrogen (secondary N) is 1. The molecular weight excluding hydrogens is 346 g/mol. The third-order valence-corrected chi connectivity index (χ3v) is 6.18. The first kappa shape index (κ1) is 17.4. The van der Waals surface area contributed by atoms with Gasteiger partial charge in [-0.2, -0.15) is 0 Å². The average Bonchev–Trinajstić information content (AvgIpc) is 2.78. The molecule has 3 heterocycles. The molecule has 4 nitrogen and oxygen atoms in total. The van der Waals surface area contributed by atoms with Crippen LogP contribution in [0.3, 0.4) is 0 Å². The van der Waals surface area contributed by atoms with Crippen molar-refractivity contribution in [3.8, 4) is 16.9 Å². The SMILES string of the molecule is COc1cccc(CN2[C@@H]3CNC[C@H]2C3c2ccc(-c3cccnc3)cc2)c1. The molecule has 3 aromatic rings. The molecule has 2 aromatic carbocycles. The second-order valence-electron chi connectivity index (χ2n) is 7.71. The molecule has 3 atom stereocenters. The highest BCUT2D eigenvalue weighted by molar-refractivity contribution is 5.62. The van der Waals surface area contributed by atoms with Gasteiger partial charge in [-0.3, -0.25) is 9.88 Å². The van der Waals surface area contributed by atoms with Crippen molar-refractivity contribution in [2.24, 2.45) is 0 Å². The van der Waals surface area contributed by atoms with Crippen molar-refractivity contribution in [2.45, 2.75) is 24.5 Å². The second-order valence-corrected chi connectivity index (χ2v) is 7.71. The molecule has 142 valence electrons. The van der Waals surface area contributed by atoms with Crippen molar-refractivity contribution in [3.63, 3.8) is 0 Å². The van der Waals surface area contributed by atoms with Crippen molar-refractivity contribution in [1.82, 2.24) is 15.2 Å². The Bertz CT molecular complexity index is 930. The normalized spacial score (nSPS) is 23.8. The van der Waals surface area contributed by atoms with Crippen molar-refractivity contribution >= 4 is 0 Å². The number of hydrogen-bond acceptors (Lipinski definition) is 4. The molecule has 0 saturated carbocycles. The Morgan fingerprint density at radius 3 is 2.54 bits per heavy atom. The highest BCUT2D eigenvalue weighted by Crippen LogP contribution is 2.43. The number of rotatable bonds is 5. The maximum atomic E-state index is 5.38. The Labute approximate surface area is 166 Å². The second kappa shape index (κ2) is 7.38. The van der Waals surface area contributed by atoms with Crippen LogP contribution in [0.25, 0.3) is 11.1 Å². The van der Waals surface area contributed by atoms with Gasteiger partial charge in [0, 0.05) is 50.0 Å². The molecular formula is C24H25N3O. The average molecular weight is 371 g/mol. The molecule has 1 unspecified atom stereocenters. The van der Waals surface area contributed by atoms with Crippen LogP contribution in [0.1, 0.15) is 17.0 Å². The number of piperidine rings is 1. The monoisotopic (exact) mass is 371 g/mol. The molecule has 2 aliphatic rings. The number of piperazine rings is 1. The molecule has 4 heteroatoms.